The van der Waals surface area contributed by atoms with Crippen LogP contribution in [0.4, 0.5) is 0 Å². The zero-order valence-corrected chi connectivity index (χ0v) is 9.73. The molecule has 0 atom stereocenters. The van der Waals surface area contributed by atoms with Crippen molar-refractivity contribution >= 4 is 0 Å². The SMILES string of the molecule is CCCCCCCCCCNCCO. The third-order valence-electron chi connectivity index (χ3n) is 2.50. The zero-order chi connectivity index (χ0) is 10.5. The van der Waals surface area contributed by atoms with E-state index in [2.05, 4.69) is 12.2 Å². The number of aliphatic hydroxyl groups excluding tert-OH is 1. The topological polar surface area (TPSA) is 32.3 Å². The molecule has 14 heavy (non-hydrogen) atoms. The summed E-state index contributed by atoms with van der Waals surface area (Å²) in [5, 5.41) is 11.7. The van der Waals surface area contributed by atoms with Crippen LogP contribution in [0, 0.1) is 0 Å². The van der Waals surface area contributed by atoms with Crippen molar-refractivity contribution < 1.29 is 5.11 Å². The number of rotatable bonds is 11. The highest BCUT2D eigenvalue weighted by Gasteiger charge is 1.91. The fourth-order valence-corrected chi connectivity index (χ4v) is 1.59. The largest absolute Gasteiger partial charge is 0.395 e. The van der Waals surface area contributed by atoms with Crippen LogP contribution >= 0.6 is 0 Å². The standard InChI is InChI=1S/C12H27NO/c1-2-3-4-5-6-7-8-9-10-13-11-12-14/h13-14H,2-12H2,1H3. The molecule has 0 aromatic heterocycles. The number of nitrogens with one attached hydrogen (secondary N) is 1. The second-order valence-electron chi connectivity index (χ2n) is 3.95. The number of unbranched alkanes of at least 4 members (excludes halogenated alkanes) is 7. The quantitative estimate of drug-likeness (QED) is 0.504. The van der Waals surface area contributed by atoms with E-state index >= 15 is 0 Å². The summed E-state index contributed by atoms with van der Waals surface area (Å²) in [5.41, 5.74) is 0. The average Bonchev–Trinajstić information content (AvgIpc) is 2.21. The van der Waals surface area contributed by atoms with Gasteiger partial charge in [-0.3, -0.25) is 0 Å². The number of hydrogen-bond donors (Lipinski definition) is 2. The molecular formula is C12H27NO. The Morgan fingerprint density at radius 1 is 0.786 bits per heavy atom. The first-order valence-corrected chi connectivity index (χ1v) is 6.23. The second kappa shape index (κ2) is 12.9. The normalized spacial score (nSPS) is 10.7. The molecule has 0 saturated carbocycles. The van der Waals surface area contributed by atoms with Crippen molar-refractivity contribution in [2.75, 3.05) is 19.7 Å². The molecule has 2 heteroatoms. The smallest absolute Gasteiger partial charge is 0.0555 e. The molecule has 2 nitrogen and oxygen atoms in total. The molecule has 0 aliphatic heterocycles. The Bertz CT molecular complexity index is 84.3. The molecule has 0 aromatic carbocycles. The second-order valence-corrected chi connectivity index (χ2v) is 3.95. The van der Waals surface area contributed by atoms with Gasteiger partial charge in [-0.1, -0.05) is 51.9 Å². The summed E-state index contributed by atoms with van der Waals surface area (Å²) in [4.78, 5) is 0. The summed E-state index contributed by atoms with van der Waals surface area (Å²) in [6, 6.07) is 0. The maximum atomic E-state index is 8.53. The minimum Gasteiger partial charge on any atom is -0.395 e. The molecule has 0 saturated heterocycles. The molecule has 0 aliphatic carbocycles. The fraction of sp³-hybridized carbons (Fsp3) is 1.00. The van der Waals surface area contributed by atoms with Crippen molar-refractivity contribution in [1.29, 1.82) is 0 Å². The molecule has 86 valence electrons. The highest BCUT2D eigenvalue weighted by atomic mass is 16.3. The molecule has 0 unspecified atom stereocenters. The maximum absolute atomic E-state index is 8.53. The number of aliphatic hydroxyl groups is 1. The first-order chi connectivity index (χ1) is 6.91. The fourth-order valence-electron chi connectivity index (χ4n) is 1.59. The van der Waals surface area contributed by atoms with Crippen LogP contribution in [0.25, 0.3) is 0 Å². The molecule has 0 fully saturated rings. The van der Waals surface area contributed by atoms with Crippen LogP contribution in [-0.4, -0.2) is 24.8 Å². The first-order valence-electron chi connectivity index (χ1n) is 6.23. The third kappa shape index (κ3) is 11.9. The summed E-state index contributed by atoms with van der Waals surface area (Å²) in [7, 11) is 0. The molecule has 0 aromatic rings. The molecule has 0 bridgehead atoms. The highest BCUT2D eigenvalue weighted by molar-refractivity contribution is 4.49. The summed E-state index contributed by atoms with van der Waals surface area (Å²) in [6.07, 6.45) is 10.9. The van der Waals surface area contributed by atoms with Crippen LogP contribution in [0.1, 0.15) is 58.3 Å². The molecule has 2 N–H and O–H groups in total. The van der Waals surface area contributed by atoms with Crippen molar-refractivity contribution in [2.24, 2.45) is 0 Å². The molecule has 0 heterocycles. The van der Waals surface area contributed by atoms with E-state index in [0.717, 1.165) is 13.1 Å². The lowest BCUT2D eigenvalue weighted by atomic mass is 10.1. The van der Waals surface area contributed by atoms with Crippen molar-refractivity contribution in [2.45, 2.75) is 58.3 Å². The lowest BCUT2D eigenvalue weighted by Crippen LogP contribution is -2.19. The highest BCUT2D eigenvalue weighted by Crippen LogP contribution is 2.07. The predicted molar refractivity (Wildman–Crippen MR) is 62.6 cm³/mol. The molecule has 0 spiro atoms. The predicted octanol–water partition coefficient (Wildman–Crippen LogP) is 2.71. The van der Waals surface area contributed by atoms with E-state index < -0.39 is 0 Å². The van der Waals surface area contributed by atoms with Crippen molar-refractivity contribution in [3.63, 3.8) is 0 Å². The van der Waals surface area contributed by atoms with E-state index in [0.29, 0.717) is 0 Å². The van der Waals surface area contributed by atoms with Gasteiger partial charge < -0.3 is 10.4 Å². The van der Waals surface area contributed by atoms with E-state index in [9.17, 15) is 0 Å². The van der Waals surface area contributed by atoms with Gasteiger partial charge >= 0.3 is 0 Å². The Morgan fingerprint density at radius 2 is 1.36 bits per heavy atom. The van der Waals surface area contributed by atoms with Gasteiger partial charge in [-0.05, 0) is 13.0 Å². The zero-order valence-electron chi connectivity index (χ0n) is 9.73. The van der Waals surface area contributed by atoms with Crippen molar-refractivity contribution in [1.82, 2.24) is 5.32 Å². The van der Waals surface area contributed by atoms with Crippen LogP contribution < -0.4 is 5.32 Å². The van der Waals surface area contributed by atoms with Crippen molar-refractivity contribution in [3.8, 4) is 0 Å². The van der Waals surface area contributed by atoms with Gasteiger partial charge in [0.05, 0.1) is 6.61 Å². The maximum Gasteiger partial charge on any atom is 0.0555 e. The minimum absolute atomic E-state index is 0.261. The summed E-state index contributed by atoms with van der Waals surface area (Å²) >= 11 is 0. The third-order valence-corrected chi connectivity index (χ3v) is 2.50. The van der Waals surface area contributed by atoms with Gasteiger partial charge in [0.2, 0.25) is 0 Å². The van der Waals surface area contributed by atoms with Crippen LogP contribution in [0.2, 0.25) is 0 Å². The molecule has 0 radical (unpaired) electrons. The molecule has 0 amide bonds. The van der Waals surface area contributed by atoms with Crippen LogP contribution in [0.3, 0.4) is 0 Å². The van der Waals surface area contributed by atoms with Crippen LogP contribution in [0.5, 0.6) is 0 Å². The molecule has 0 aliphatic rings. The number of hydrogen-bond acceptors (Lipinski definition) is 2. The Kier molecular flexibility index (Phi) is 12.8. The first kappa shape index (κ1) is 13.9. The molecular weight excluding hydrogens is 174 g/mol. The van der Waals surface area contributed by atoms with E-state index in [1.807, 2.05) is 0 Å². The van der Waals surface area contributed by atoms with Gasteiger partial charge in [0, 0.05) is 6.54 Å². The summed E-state index contributed by atoms with van der Waals surface area (Å²) in [6.45, 7) is 4.33. The van der Waals surface area contributed by atoms with E-state index in [-0.39, 0.29) is 6.61 Å². The van der Waals surface area contributed by atoms with Gasteiger partial charge in [0.25, 0.3) is 0 Å². The van der Waals surface area contributed by atoms with Crippen LogP contribution in [0.15, 0.2) is 0 Å². The lowest BCUT2D eigenvalue weighted by molar-refractivity contribution is 0.292. The monoisotopic (exact) mass is 201 g/mol. The van der Waals surface area contributed by atoms with Crippen LogP contribution in [-0.2, 0) is 0 Å². The lowest BCUT2D eigenvalue weighted by Gasteiger charge is -2.02. The minimum atomic E-state index is 0.261. The van der Waals surface area contributed by atoms with Gasteiger partial charge in [0.1, 0.15) is 0 Å². The van der Waals surface area contributed by atoms with E-state index in [4.69, 9.17) is 5.11 Å². The van der Waals surface area contributed by atoms with E-state index in [1.54, 1.807) is 0 Å². The Morgan fingerprint density at radius 3 is 1.93 bits per heavy atom. The van der Waals surface area contributed by atoms with Gasteiger partial charge in [0.15, 0.2) is 0 Å². The van der Waals surface area contributed by atoms with Gasteiger partial charge in [-0.2, -0.15) is 0 Å². The Hall–Kier alpha value is -0.0800. The van der Waals surface area contributed by atoms with Crippen molar-refractivity contribution in [3.05, 3.63) is 0 Å². The summed E-state index contributed by atoms with van der Waals surface area (Å²) in [5.74, 6) is 0. The van der Waals surface area contributed by atoms with E-state index in [1.165, 1.54) is 51.4 Å². The average molecular weight is 201 g/mol. The molecule has 0 rings (SSSR count). The Balaban J connectivity index is 2.78. The van der Waals surface area contributed by atoms with Gasteiger partial charge in [-0.25, -0.2) is 0 Å². The Labute approximate surface area is 89.1 Å². The van der Waals surface area contributed by atoms with Gasteiger partial charge in [-0.15, -0.1) is 0 Å². The summed E-state index contributed by atoms with van der Waals surface area (Å²) < 4.78 is 0.